The number of carbonyl (C=O) groups excluding carboxylic acids is 1. The third-order valence-corrected chi connectivity index (χ3v) is 2.39. The molecule has 0 aliphatic heterocycles. The summed E-state index contributed by atoms with van der Waals surface area (Å²) in [6.07, 6.45) is 0. The second kappa shape index (κ2) is 6.33. The van der Waals surface area contributed by atoms with Crippen LogP contribution >= 0.6 is 0 Å². The fourth-order valence-corrected chi connectivity index (χ4v) is 1.35. The molecule has 0 aromatic heterocycles. The first-order chi connectivity index (χ1) is 8.93. The fourth-order valence-electron chi connectivity index (χ4n) is 1.35. The Labute approximate surface area is 109 Å². The lowest BCUT2D eigenvalue weighted by Gasteiger charge is -2.15. The van der Waals surface area contributed by atoms with Gasteiger partial charge in [-0.1, -0.05) is 0 Å². The van der Waals surface area contributed by atoms with Crippen molar-refractivity contribution in [3.8, 4) is 11.5 Å². The van der Waals surface area contributed by atoms with Crippen molar-refractivity contribution in [3.63, 3.8) is 0 Å². The molecule has 0 aliphatic carbocycles. The second-order valence-electron chi connectivity index (χ2n) is 3.76. The Morgan fingerprint density at radius 3 is 2.58 bits per heavy atom. The van der Waals surface area contributed by atoms with E-state index in [0.29, 0.717) is 5.75 Å². The summed E-state index contributed by atoms with van der Waals surface area (Å²) >= 11 is 0. The van der Waals surface area contributed by atoms with Crippen LogP contribution in [0.15, 0.2) is 18.2 Å². The standard InChI is InChI=1S/C12H15F2NO4/c1-18-8-3-4-10(19-2)9(5-8)11(17)15-6-12(13,14)7-16/h3-5,16H,6-7H2,1-2H3,(H,15,17). The first kappa shape index (κ1) is 15.2. The van der Waals surface area contributed by atoms with Gasteiger partial charge in [-0.25, -0.2) is 8.78 Å². The lowest BCUT2D eigenvalue weighted by atomic mass is 10.1. The number of methoxy groups -OCH3 is 2. The van der Waals surface area contributed by atoms with Gasteiger partial charge < -0.3 is 19.9 Å². The summed E-state index contributed by atoms with van der Waals surface area (Å²) in [5.41, 5.74) is 0.0792. The van der Waals surface area contributed by atoms with Crippen molar-refractivity contribution in [2.75, 3.05) is 27.4 Å². The summed E-state index contributed by atoms with van der Waals surface area (Å²) in [5.74, 6) is -3.45. The molecule has 0 saturated carbocycles. The topological polar surface area (TPSA) is 67.8 Å². The number of aliphatic hydroxyl groups excluding tert-OH is 1. The lowest BCUT2D eigenvalue weighted by molar-refractivity contribution is -0.0462. The van der Waals surface area contributed by atoms with E-state index in [0.717, 1.165) is 0 Å². The van der Waals surface area contributed by atoms with E-state index in [9.17, 15) is 13.6 Å². The highest BCUT2D eigenvalue weighted by molar-refractivity contribution is 5.97. The number of amides is 1. The Morgan fingerprint density at radius 2 is 2.05 bits per heavy atom. The Balaban J connectivity index is 2.86. The van der Waals surface area contributed by atoms with Gasteiger partial charge in [0.15, 0.2) is 0 Å². The van der Waals surface area contributed by atoms with Crippen molar-refractivity contribution in [1.82, 2.24) is 5.32 Å². The van der Waals surface area contributed by atoms with E-state index in [-0.39, 0.29) is 11.3 Å². The fraction of sp³-hybridized carbons (Fsp3) is 0.417. The van der Waals surface area contributed by atoms with E-state index in [1.165, 1.54) is 26.4 Å². The average molecular weight is 275 g/mol. The predicted molar refractivity (Wildman–Crippen MR) is 63.9 cm³/mol. The Bertz CT molecular complexity index is 451. The third-order valence-electron chi connectivity index (χ3n) is 2.39. The quantitative estimate of drug-likeness (QED) is 0.814. The van der Waals surface area contributed by atoms with Crippen molar-refractivity contribution >= 4 is 5.91 Å². The summed E-state index contributed by atoms with van der Waals surface area (Å²) in [7, 11) is 2.78. The first-order valence-electron chi connectivity index (χ1n) is 5.42. The number of hydrogen-bond donors (Lipinski definition) is 2. The molecule has 1 rings (SSSR count). The number of hydrogen-bond acceptors (Lipinski definition) is 4. The Kier molecular flexibility index (Phi) is 5.05. The molecule has 5 nitrogen and oxygen atoms in total. The molecule has 0 atom stereocenters. The van der Waals surface area contributed by atoms with Gasteiger partial charge in [0.25, 0.3) is 11.8 Å². The van der Waals surface area contributed by atoms with Crippen molar-refractivity contribution < 1.29 is 28.2 Å². The molecule has 0 spiro atoms. The summed E-state index contributed by atoms with van der Waals surface area (Å²) in [4.78, 5) is 11.8. The Hall–Kier alpha value is -1.89. The maximum Gasteiger partial charge on any atom is 0.287 e. The molecule has 0 bridgehead atoms. The predicted octanol–water partition coefficient (Wildman–Crippen LogP) is 1.06. The van der Waals surface area contributed by atoms with Crippen LogP contribution in [-0.2, 0) is 0 Å². The van der Waals surface area contributed by atoms with Gasteiger partial charge in [-0.2, -0.15) is 0 Å². The number of benzene rings is 1. The van der Waals surface area contributed by atoms with E-state index in [2.05, 4.69) is 0 Å². The number of ether oxygens (including phenoxy) is 2. The number of carbonyl (C=O) groups is 1. The molecular formula is C12H15F2NO4. The number of nitrogens with one attached hydrogen (secondary N) is 1. The van der Waals surface area contributed by atoms with Gasteiger partial charge in [0.1, 0.15) is 18.1 Å². The smallest absolute Gasteiger partial charge is 0.287 e. The molecule has 0 aliphatic rings. The zero-order chi connectivity index (χ0) is 14.5. The van der Waals surface area contributed by atoms with Crippen LogP contribution in [-0.4, -0.2) is 44.3 Å². The van der Waals surface area contributed by atoms with E-state index in [1.807, 2.05) is 5.32 Å². The van der Waals surface area contributed by atoms with Crippen molar-refractivity contribution in [3.05, 3.63) is 23.8 Å². The highest BCUT2D eigenvalue weighted by Gasteiger charge is 2.28. The summed E-state index contributed by atoms with van der Waals surface area (Å²) in [5, 5.41) is 10.4. The molecular weight excluding hydrogens is 260 g/mol. The SMILES string of the molecule is COc1ccc(OC)c(C(=O)NCC(F)(F)CO)c1. The van der Waals surface area contributed by atoms with Crippen LogP contribution < -0.4 is 14.8 Å². The lowest BCUT2D eigenvalue weighted by Crippen LogP contribution is -2.39. The van der Waals surface area contributed by atoms with Crippen LogP contribution in [0.4, 0.5) is 8.78 Å². The third kappa shape index (κ3) is 4.06. The summed E-state index contributed by atoms with van der Waals surface area (Å²) in [6, 6.07) is 4.46. The molecule has 1 aromatic rings. The first-order valence-corrected chi connectivity index (χ1v) is 5.42. The monoisotopic (exact) mass is 275 g/mol. The summed E-state index contributed by atoms with van der Waals surface area (Å²) in [6.45, 7) is -2.29. The van der Waals surface area contributed by atoms with E-state index in [4.69, 9.17) is 14.6 Å². The van der Waals surface area contributed by atoms with Crippen LogP contribution in [0.2, 0.25) is 0 Å². The van der Waals surface area contributed by atoms with Gasteiger partial charge >= 0.3 is 0 Å². The second-order valence-corrected chi connectivity index (χ2v) is 3.76. The maximum atomic E-state index is 12.8. The number of halogens is 2. The van der Waals surface area contributed by atoms with Crippen LogP contribution in [0.3, 0.4) is 0 Å². The molecule has 106 valence electrons. The molecule has 0 saturated heterocycles. The summed E-state index contributed by atoms with van der Waals surface area (Å²) < 4.78 is 35.6. The minimum absolute atomic E-state index is 0.0792. The van der Waals surface area contributed by atoms with Crippen LogP contribution in [0.5, 0.6) is 11.5 Å². The molecule has 2 N–H and O–H groups in total. The van der Waals surface area contributed by atoms with E-state index in [1.54, 1.807) is 6.07 Å². The van der Waals surface area contributed by atoms with Gasteiger partial charge in [0.2, 0.25) is 0 Å². The molecule has 0 heterocycles. The Morgan fingerprint density at radius 1 is 1.37 bits per heavy atom. The maximum absolute atomic E-state index is 12.8. The molecule has 0 unspecified atom stereocenters. The molecule has 0 radical (unpaired) electrons. The zero-order valence-electron chi connectivity index (χ0n) is 10.6. The highest BCUT2D eigenvalue weighted by Crippen LogP contribution is 2.24. The van der Waals surface area contributed by atoms with E-state index >= 15 is 0 Å². The normalized spacial score (nSPS) is 11.0. The van der Waals surface area contributed by atoms with Crippen molar-refractivity contribution in [2.24, 2.45) is 0 Å². The van der Waals surface area contributed by atoms with Gasteiger partial charge in [-0.15, -0.1) is 0 Å². The number of alkyl halides is 2. The molecule has 19 heavy (non-hydrogen) atoms. The molecule has 0 fully saturated rings. The van der Waals surface area contributed by atoms with Crippen molar-refractivity contribution in [2.45, 2.75) is 5.92 Å². The van der Waals surface area contributed by atoms with Gasteiger partial charge in [0, 0.05) is 0 Å². The molecule has 7 heteroatoms. The van der Waals surface area contributed by atoms with Gasteiger partial charge in [-0.3, -0.25) is 4.79 Å². The largest absolute Gasteiger partial charge is 0.497 e. The molecule has 1 amide bonds. The van der Waals surface area contributed by atoms with Gasteiger partial charge in [0.05, 0.1) is 26.3 Å². The van der Waals surface area contributed by atoms with Crippen molar-refractivity contribution in [1.29, 1.82) is 0 Å². The minimum Gasteiger partial charge on any atom is -0.497 e. The minimum atomic E-state index is -3.36. The number of aliphatic hydroxyl groups is 1. The van der Waals surface area contributed by atoms with Crippen LogP contribution in [0, 0.1) is 0 Å². The highest BCUT2D eigenvalue weighted by atomic mass is 19.3. The number of rotatable bonds is 6. The van der Waals surface area contributed by atoms with Gasteiger partial charge in [-0.05, 0) is 18.2 Å². The van der Waals surface area contributed by atoms with Crippen LogP contribution in [0.1, 0.15) is 10.4 Å². The zero-order valence-corrected chi connectivity index (χ0v) is 10.6. The molecule has 1 aromatic carbocycles. The van der Waals surface area contributed by atoms with Crippen LogP contribution in [0.25, 0.3) is 0 Å². The van der Waals surface area contributed by atoms with E-state index < -0.39 is 25.0 Å². The average Bonchev–Trinajstić information content (AvgIpc) is 2.44.